The molecule has 5 aliphatic rings. The molecule has 46 heavy (non-hydrogen) atoms. The maximum atomic E-state index is 15.3. The molecule has 0 spiro atoms. The van der Waals surface area contributed by atoms with Gasteiger partial charge in [0.25, 0.3) is 11.8 Å². The summed E-state index contributed by atoms with van der Waals surface area (Å²) >= 11 is 0. The molecule has 3 atom stereocenters. The number of amides is 4. The highest BCUT2D eigenvalue weighted by molar-refractivity contribution is 7.90. The molecule has 1 aliphatic carbocycles. The third-order valence-electron chi connectivity index (χ3n) is 9.76. The molecule has 4 heterocycles. The molecule has 0 saturated carbocycles. The number of aliphatic hydroxyl groups is 1. The lowest BCUT2D eigenvalue weighted by molar-refractivity contribution is -0.136. The molecule has 0 bridgehead atoms. The Bertz CT molecular complexity index is 1790. The summed E-state index contributed by atoms with van der Waals surface area (Å²) < 4.78 is 54.3. The quantitative estimate of drug-likeness (QED) is 0.428. The predicted molar refractivity (Wildman–Crippen MR) is 161 cm³/mol. The Balaban J connectivity index is 0.973. The van der Waals surface area contributed by atoms with E-state index in [1.165, 1.54) is 12.1 Å². The summed E-state index contributed by atoms with van der Waals surface area (Å²) in [6.45, 7) is 4.41. The van der Waals surface area contributed by atoms with Gasteiger partial charge >= 0.3 is 0 Å². The topological polar surface area (TPSA) is 148 Å². The number of hydrogen-bond donors (Lipinski definition) is 2. The molecule has 4 amide bonds. The summed E-state index contributed by atoms with van der Waals surface area (Å²) in [6, 6.07) is 4.45. The van der Waals surface area contributed by atoms with Crippen LogP contribution in [0, 0.1) is 11.7 Å². The SMILES string of the molecule is CS(=O)(=O)c1ccc(N2CC(CN3CCN(c4cc5c(cc4F)C(=O)N(C4CCC(=O)NC4=O)C5=O)CC3)C2)c2c1[C@H](O)[C@@H](F)C2. The summed E-state index contributed by atoms with van der Waals surface area (Å²) in [5.74, 6) is -2.96. The normalized spacial score (nSPS) is 25.6. The second-order valence-corrected chi connectivity index (χ2v) is 14.8. The van der Waals surface area contributed by atoms with Crippen molar-refractivity contribution in [1.82, 2.24) is 15.1 Å². The van der Waals surface area contributed by atoms with Crippen LogP contribution in [0.5, 0.6) is 0 Å². The standard InChI is InChI=1S/C31H33F2N5O7S/c1-46(44,45)25-4-2-22(19-11-21(33)28(40)27(19)25)37-14-16(15-37)13-35-6-8-36(9-7-35)24-12-18-17(10-20(24)32)30(42)38(31(18)43)23-3-5-26(39)34-29(23)41/h2,4,10,12,16,21,23,28,40H,3,5-9,11,13-15H2,1H3,(H,34,39,41)/t21-,23?,28+/m0/s1. The molecule has 2 N–H and O–H groups in total. The monoisotopic (exact) mass is 657 g/mol. The molecule has 12 nitrogen and oxygen atoms in total. The van der Waals surface area contributed by atoms with Crippen molar-refractivity contribution in [3.63, 3.8) is 0 Å². The summed E-state index contributed by atoms with van der Waals surface area (Å²) in [6.07, 6.45) is -1.99. The molecule has 2 aromatic rings. The highest BCUT2D eigenvalue weighted by Gasteiger charge is 2.46. The molecule has 0 aromatic heterocycles. The number of fused-ring (bicyclic) bond motifs is 2. The maximum Gasteiger partial charge on any atom is 0.262 e. The Hall–Kier alpha value is -3.95. The number of sulfone groups is 1. The molecule has 2 aromatic carbocycles. The molecule has 3 saturated heterocycles. The van der Waals surface area contributed by atoms with Crippen molar-refractivity contribution >= 4 is 44.8 Å². The number of piperazine rings is 1. The molecule has 3 fully saturated rings. The lowest BCUT2D eigenvalue weighted by Crippen LogP contribution is -2.55. The van der Waals surface area contributed by atoms with E-state index in [0.29, 0.717) is 50.7 Å². The van der Waals surface area contributed by atoms with Crippen molar-refractivity contribution in [2.75, 3.05) is 61.9 Å². The first-order valence-electron chi connectivity index (χ1n) is 15.3. The minimum atomic E-state index is -3.63. The highest BCUT2D eigenvalue weighted by Crippen LogP contribution is 2.44. The number of halogens is 2. The van der Waals surface area contributed by atoms with Gasteiger partial charge in [-0.15, -0.1) is 0 Å². The minimum Gasteiger partial charge on any atom is -0.385 e. The zero-order valence-electron chi connectivity index (χ0n) is 25.0. The van der Waals surface area contributed by atoms with Crippen LogP contribution in [-0.2, 0) is 25.8 Å². The number of hydrogen-bond acceptors (Lipinski definition) is 10. The number of nitrogens with one attached hydrogen (secondary N) is 1. The van der Waals surface area contributed by atoms with Crippen LogP contribution in [0.3, 0.4) is 0 Å². The number of carbonyl (C=O) groups excluding carboxylic acids is 4. The second kappa shape index (κ2) is 11.1. The van der Waals surface area contributed by atoms with Crippen molar-refractivity contribution in [1.29, 1.82) is 0 Å². The number of benzene rings is 2. The van der Waals surface area contributed by atoms with E-state index in [2.05, 4.69) is 15.1 Å². The maximum absolute atomic E-state index is 15.3. The van der Waals surface area contributed by atoms with Crippen LogP contribution in [0.1, 0.15) is 50.8 Å². The fraction of sp³-hybridized carbons (Fsp3) is 0.484. The van der Waals surface area contributed by atoms with Crippen LogP contribution < -0.4 is 15.1 Å². The number of piperidine rings is 1. The third-order valence-corrected chi connectivity index (χ3v) is 10.9. The molecule has 4 aliphatic heterocycles. The highest BCUT2D eigenvalue weighted by atomic mass is 32.2. The fourth-order valence-electron chi connectivity index (χ4n) is 7.42. The van der Waals surface area contributed by atoms with Gasteiger partial charge in [0.2, 0.25) is 11.8 Å². The smallest absolute Gasteiger partial charge is 0.262 e. The van der Waals surface area contributed by atoms with E-state index in [0.717, 1.165) is 29.5 Å². The zero-order chi connectivity index (χ0) is 32.7. The van der Waals surface area contributed by atoms with E-state index in [9.17, 15) is 37.1 Å². The second-order valence-electron chi connectivity index (χ2n) is 12.8. The number of rotatable bonds is 6. The van der Waals surface area contributed by atoms with Crippen molar-refractivity contribution in [2.45, 2.75) is 42.5 Å². The first-order chi connectivity index (χ1) is 21.8. The number of carbonyl (C=O) groups is 4. The number of alkyl halides is 1. The lowest BCUT2D eigenvalue weighted by Gasteiger charge is -2.45. The van der Waals surface area contributed by atoms with Gasteiger partial charge in [-0.3, -0.25) is 34.3 Å². The van der Waals surface area contributed by atoms with E-state index < -0.39 is 57.6 Å². The molecule has 0 radical (unpaired) electrons. The van der Waals surface area contributed by atoms with Gasteiger partial charge in [0.05, 0.1) is 21.7 Å². The van der Waals surface area contributed by atoms with Crippen LogP contribution in [0.4, 0.5) is 20.2 Å². The number of aliphatic hydroxyl groups excluding tert-OH is 1. The van der Waals surface area contributed by atoms with Gasteiger partial charge in [0.15, 0.2) is 9.84 Å². The van der Waals surface area contributed by atoms with Crippen LogP contribution >= 0.6 is 0 Å². The van der Waals surface area contributed by atoms with Crippen LogP contribution in [0.2, 0.25) is 0 Å². The van der Waals surface area contributed by atoms with E-state index in [1.54, 1.807) is 6.07 Å². The van der Waals surface area contributed by atoms with Gasteiger partial charge in [0.1, 0.15) is 24.1 Å². The first kappa shape index (κ1) is 30.7. The Morgan fingerprint density at radius 1 is 0.957 bits per heavy atom. The van der Waals surface area contributed by atoms with Crippen molar-refractivity contribution in [2.24, 2.45) is 5.92 Å². The van der Waals surface area contributed by atoms with E-state index in [4.69, 9.17) is 0 Å². The van der Waals surface area contributed by atoms with Crippen LogP contribution in [-0.4, -0.2) is 111 Å². The minimum absolute atomic E-state index is 0.00324. The average Bonchev–Trinajstić information content (AvgIpc) is 3.41. The largest absolute Gasteiger partial charge is 0.385 e. The zero-order valence-corrected chi connectivity index (χ0v) is 25.9. The fourth-order valence-corrected chi connectivity index (χ4v) is 8.38. The van der Waals surface area contributed by atoms with Gasteiger partial charge in [-0.05, 0) is 36.2 Å². The molecule has 7 rings (SSSR count). The summed E-state index contributed by atoms with van der Waals surface area (Å²) in [4.78, 5) is 57.0. The van der Waals surface area contributed by atoms with Crippen molar-refractivity contribution in [3.05, 3.63) is 52.3 Å². The van der Waals surface area contributed by atoms with E-state index in [1.807, 2.05) is 4.90 Å². The van der Waals surface area contributed by atoms with E-state index in [-0.39, 0.29) is 46.5 Å². The van der Waals surface area contributed by atoms with Gasteiger partial charge in [-0.2, -0.15) is 0 Å². The Morgan fingerprint density at radius 2 is 1.63 bits per heavy atom. The average molecular weight is 658 g/mol. The molecular formula is C31H33F2N5O7S. The Labute approximate surface area is 263 Å². The molecule has 15 heteroatoms. The van der Waals surface area contributed by atoms with Gasteiger partial charge < -0.3 is 14.9 Å². The van der Waals surface area contributed by atoms with Crippen LogP contribution in [0.25, 0.3) is 0 Å². The van der Waals surface area contributed by atoms with Gasteiger partial charge in [0, 0.05) is 82.1 Å². The van der Waals surface area contributed by atoms with Gasteiger partial charge in [-0.25, -0.2) is 17.2 Å². The van der Waals surface area contributed by atoms with Crippen molar-refractivity contribution < 1.29 is 41.5 Å². The first-order valence-corrected chi connectivity index (χ1v) is 17.2. The summed E-state index contributed by atoms with van der Waals surface area (Å²) in [5, 5.41) is 12.5. The number of anilines is 2. The van der Waals surface area contributed by atoms with Gasteiger partial charge in [-0.1, -0.05) is 0 Å². The Kier molecular flexibility index (Phi) is 7.40. The predicted octanol–water partition coefficient (Wildman–Crippen LogP) is 0.816. The summed E-state index contributed by atoms with van der Waals surface area (Å²) in [7, 11) is -3.63. The number of nitrogens with zero attached hydrogens (tertiary/aromatic N) is 4. The number of imide groups is 2. The van der Waals surface area contributed by atoms with E-state index >= 15 is 4.39 Å². The molecule has 244 valence electrons. The lowest BCUT2D eigenvalue weighted by atomic mass is 9.95. The third kappa shape index (κ3) is 5.04. The van der Waals surface area contributed by atoms with Crippen LogP contribution in [0.15, 0.2) is 29.2 Å². The summed E-state index contributed by atoms with van der Waals surface area (Å²) in [5.41, 5.74) is 1.61. The molecular weight excluding hydrogens is 624 g/mol. The Morgan fingerprint density at radius 3 is 2.28 bits per heavy atom. The molecule has 1 unspecified atom stereocenters. The van der Waals surface area contributed by atoms with Crippen molar-refractivity contribution in [3.8, 4) is 0 Å².